The van der Waals surface area contributed by atoms with Gasteiger partial charge in [-0.05, 0) is 49.7 Å². The molecular weight excluding hydrogens is 308 g/mol. The van der Waals surface area contributed by atoms with Crippen LogP contribution in [-0.2, 0) is 11.3 Å². The van der Waals surface area contributed by atoms with Crippen molar-refractivity contribution in [2.24, 2.45) is 11.3 Å². The van der Waals surface area contributed by atoms with Gasteiger partial charge in [0.05, 0.1) is 12.1 Å². The SMILES string of the molecule is CC[C@]1(C)C[C@](CC[NH2+]Cc2ccc(N(C)C)cc2)(C(C)C)CCO1. The summed E-state index contributed by atoms with van der Waals surface area (Å²) >= 11 is 0. The van der Waals surface area contributed by atoms with E-state index in [1.165, 1.54) is 37.1 Å². The summed E-state index contributed by atoms with van der Waals surface area (Å²) < 4.78 is 6.11. The van der Waals surface area contributed by atoms with Gasteiger partial charge in [0.15, 0.2) is 0 Å². The van der Waals surface area contributed by atoms with Gasteiger partial charge in [0.2, 0.25) is 0 Å². The van der Waals surface area contributed by atoms with E-state index in [1.807, 2.05) is 0 Å². The van der Waals surface area contributed by atoms with Crippen LogP contribution in [0.25, 0.3) is 0 Å². The number of nitrogens with two attached hydrogens (primary N) is 1. The third-order valence-corrected chi connectivity index (χ3v) is 6.43. The molecule has 25 heavy (non-hydrogen) atoms. The predicted molar refractivity (Wildman–Crippen MR) is 107 cm³/mol. The Labute approximate surface area is 155 Å². The van der Waals surface area contributed by atoms with Crippen LogP contribution in [0.3, 0.4) is 0 Å². The third-order valence-electron chi connectivity index (χ3n) is 6.43. The van der Waals surface area contributed by atoms with Crippen molar-refractivity contribution in [1.82, 2.24) is 0 Å². The number of hydrogen-bond donors (Lipinski definition) is 1. The van der Waals surface area contributed by atoms with Crippen molar-refractivity contribution >= 4 is 5.69 Å². The summed E-state index contributed by atoms with van der Waals surface area (Å²) in [4.78, 5) is 2.15. The van der Waals surface area contributed by atoms with E-state index in [0.29, 0.717) is 5.41 Å². The molecule has 1 aliphatic rings. The molecule has 2 rings (SSSR count). The molecule has 0 spiro atoms. The number of quaternary nitrogens is 1. The summed E-state index contributed by atoms with van der Waals surface area (Å²) in [7, 11) is 4.18. The van der Waals surface area contributed by atoms with E-state index in [-0.39, 0.29) is 5.60 Å². The highest BCUT2D eigenvalue weighted by molar-refractivity contribution is 5.45. The summed E-state index contributed by atoms with van der Waals surface area (Å²) in [6.07, 6.45) is 4.83. The summed E-state index contributed by atoms with van der Waals surface area (Å²) in [5.41, 5.74) is 3.19. The molecule has 1 aromatic rings. The molecule has 0 aromatic heterocycles. The fourth-order valence-electron chi connectivity index (χ4n) is 4.20. The molecule has 1 aliphatic heterocycles. The number of ether oxygens (including phenoxy) is 1. The molecule has 3 nitrogen and oxygen atoms in total. The van der Waals surface area contributed by atoms with Crippen molar-refractivity contribution in [1.29, 1.82) is 0 Å². The minimum absolute atomic E-state index is 0.0739. The van der Waals surface area contributed by atoms with Crippen LogP contribution in [0.2, 0.25) is 0 Å². The van der Waals surface area contributed by atoms with Gasteiger partial charge in [-0.25, -0.2) is 0 Å². The second-order valence-corrected chi connectivity index (χ2v) is 8.69. The van der Waals surface area contributed by atoms with Crippen LogP contribution in [0.5, 0.6) is 0 Å². The first kappa shape index (κ1) is 20.3. The molecule has 0 aliphatic carbocycles. The molecule has 2 atom stereocenters. The van der Waals surface area contributed by atoms with Crippen LogP contribution in [0.15, 0.2) is 24.3 Å². The lowest BCUT2D eigenvalue weighted by atomic mass is 9.64. The highest BCUT2D eigenvalue weighted by Gasteiger charge is 2.44. The largest absolute Gasteiger partial charge is 0.378 e. The van der Waals surface area contributed by atoms with E-state index in [4.69, 9.17) is 4.74 Å². The number of rotatable bonds is 8. The monoisotopic (exact) mass is 347 g/mol. The number of nitrogens with zero attached hydrogens (tertiary/aromatic N) is 1. The number of anilines is 1. The second-order valence-electron chi connectivity index (χ2n) is 8.69. The first-order chi connectivity index (χ1) is 11.8. The Morgan fingerprint density at radius 1 is 1.20 bits per heavy atom. The van der Waals surface area contributed by atoms with Crippen molar-refractivity contribution in [3.63, 3.8) is 0 Å². The van der Waals surface area contributed by atoms with E-state index in [2.05, 4.69) is 76.3 Å². The molecule has 0 radical (unpaired) electrons. The summed E-state index contributed by atoms with van der Waals surface area (Å²) in [6, 6.07) is 8.94. The molecule has 0 saturated carbocycles. The molecule has 142 valence electrons. The van der Waals surface area contributed by atoms with Crippen molar-refractivity contribution in [3.05, 3.63) is 29.8 Å². The standard InChI is InChI=1S/C22H38N2O/c1-7-21(4)17-22(18(2)3,13-15-25-21)12-14-23-16-19-8-10-20(11-9-19)24(5)6/h8-11,18,23H,7,12-17H2,1-6H3/p+1/t21-,22-/m1/s1. The van der Waals surface area contributed by atoms with Gasteiger partial charge in [-0.2, -0.15) is 0 Å². The summed E-state index contributed by atoms with van der Waals surface area (Å²) in [5, 5.41) is 2.48. The minimum Gasteiger partial charge on any atom is -0.378 e. The minimum atomic E-state index is 0.0739. The quantitative estimate of drug-likeness (QED) is 0.724. The molecular formula is C22H39N2O+. The van der Waals surface area contributed by atoms with Crippen LogP contribution in [0.1, 0.15) is 58.9 Å². The molecule has 1 fully saturated rings. The molecule has 2 N–H and O–H groups in total. The lowest BCUT2D eigenvalue weighted by Crippen LogP contribution is -2.83. The lowest BCUT2D eigenvalue weighted by Gasteiger charge is -2.48. The van der Waals surface area contributed by atoms with E-state index in [0.717, 1.165) is 25.5 Å². The van der Waals surface area contributed by atoms with Gasteiger partial charge < -0.3 is 15.0 Å². The normalized spacial score (nSPS) is 26.8. The maximum absolute atomic E-state index is 6.11. The van der Waals surface area contributed by atoms with Gasteiger partial charge in [0, 0.05) is 38.4 Å². The predicted octanol–water partition coefficient (Wildman–Crippen LogP) is 3.83. The highest BCUT2D eigenvalue weighted by atomic mass is 16.5. The topological polar surface area (TPSA) is 29.1 Å². The molecule has 1 heterocycles. The van der Waals surface area contributed by atoms with Gasteiger partial charge in [-0.1, -0.05) is 32.9 Å². The molecule has 0 bridgehead atoms. The maximum Gasteiger partial charge on any atom is 0.101 e. The Hall–Kier alpha value is -1.06. The molecule has 1 saturated heterocycles. The summed E-state index contributed by atoms with van der Waals surface area (Å²) in [5.74, 6) is 0.718. The number of hydrogen-bond acceptors (Lipinski definition) is 2. The Balaban J connectivity index is 1.87. The fourth-order valence-corrected chi connectivity index (χ4v) is 4.20. The van der Waals surface area contributed by atoms with E-state index in [9.17, 15) is 0 Å². The van der Waals surface area contributed by atoms with Crippen LogP contribution < -0.4 is 10.2 Å². The van der Waals surface area contributed by atoms with Gasteiger partial charge in [0.1, 0.15) is 6.54 Å². The number of benzene rings is 1. The molecule has 1 aromatic carbocycles. The first-order valence-electron chi connectivity index (χ1n) is 10.0. The van der Waals surface area contributed by atoms with Gasteiger partial charge in [-0.3, -0.25) is 0 Å². The van der Waals surface area contributed by atoms with Gasteiger partial charge in [-0.15, -0.1) is 0 Å². The van der Waals surface area contributed by atoms with Crippen LogP contribution >= 0.6 is 0 Å². The molecule has 0 unspecified atom stereocenters. The van der Waals surface area contributed by atoms with Crippen LogP contribution in [0.4, 0.5) is 5.69 Å². The third kappa shape index (κ3) is 5.21. The average molecular weight is 348 g/mol. The van der Waals surface area contributed by atoms with Crippen molar-refractivity contribution < 1.29 is 10.1 Å². The Kier molecular flexibility index (Phi) is 6.93. The average Bonchev–Trinajstić information content (AvgIpc) is 2.59. The van der Waals surface area contributed by atoms with Crippen molar-refractivity contribution in [2.75, 3.05) is 32.1 Å². The van der Waals surface area contributed by atoms with Crippen molar-refractivity contribution in [2.45, 2.75) is 65.5 Å². The zero-order valence-electron chi connectivity index (χ0n) is 17.3. The lowest BCUT2D eigenvalue weighted by molar-refractivity contribution is -0.672. The van der Waals surface area contributed by atoms with E-state index in [1.54, 1.807) is 0 Å². The summed E-state index contributed by atoms with van der Waals surface area (Å²) in [6.45, 7) is 12.6. The van der Waals surface area contributed by atoms with E-state index >= 15 is 0 Å². The highest BCUT2D eigenvalue weighted by Crippen LogP contribution is 2.47. The van der Waals surface area contributed by atoms with E-state index < -0.39 is 0 Å². The Morgan fingerprint density at radius 2 is 1.88 bits per heavy atom. The smallest absolute Gasteiger partial charge is 0.101 e. The van der Waals surface area contributed by atoms with Crippen molar-refractivity contribution in [3.8, 4) is 0 Å². The van der Waals surface area contributed by atoms with Crippen LogP contribution in [0, 0.1) is 11.3 Å². The maximum atomic E-state index is 6.11. The zero-order valence-corrected chi connectivity index (χ0v) is 17.3. The molecule has 0 amide bonds. The zero-order chi connectivity index (χ0) is 18.5. The second kappa shape index (κ2) is 8.55. The first-order valence-corrected chi connectivity index (χ1v) is 10.0. The Morgan fingerprint density at radius 3 is 2.44 bits per heavy atom. The van der Waals surface area contributed by atoms with Crippen LogP contribution in [-0.4, -0.2) is 32.8 Å². The van der Waals surface area contributed by atoms with Gasteiger partial charge >= 0.3 is 0 Å². The van der Waals surface area contributed by atoms with Gasteiger partial charge in [0.25, 0.3) is 0 Å². The fraction of sp³-hybridized carbons (Fsp3) is 0.727. The molecule has 3 heteroatoms. The Bertz CT molecular complexity index is 525.